The Bertz CT molecular complexity index is 1250. The van der Waals surface area contributed by atoms with Crippen LogP contribution in [0.2, 0.25) is 0 Å². The third-order valence-electron chi connectivity index (χ3n) is 4.93. The highest BCUT2D eigenvalue weighted by Gasteiger charge is 2.21. The van der Waals surface area contributed by atoms with Gasteiger partial charge in [-0.3, -0.25) is 14.8 Å². The van der Waals surface area contributed by atoms with Crippen molar-refractivity contribution >= 4 is 28.5 Å². The maximum Gasteiger partial charge on any atom is 0.340 e. The number of hydrogen-bond acceptors (Lipinski definition) is 5. The van der Waals surface area contributed by atoms with Crippen LogP contribution in [-0.4, -0.2) is 27.9 Å². The molecule has 0 saturated carbocycles. The van der Waals surface area contributed by atoms with Gasteiger partial charge in [0.05, 0.1) is 28.2 Å². The largest absolute Gasteiger partial charge is 0.449 e. The van der Waals surface area contributed by atoms with E-state index in [9.17, 15) is 9.59 Å². The Balaban J connectivity index is 1.46. The first kappa shape index (κ1) is 20.2. The monoisotopic (exact) mass is 411 g/mol. The van der Waals surface area contributed by atoms with Crippen LogP contribution < -0.4 is 5.32 Å². The number of anilines is 1. The van der Waals surface area contributed by atoms with Gasteiger partial charge in [0, 0.05) is 17.1 Å². The summed E-state index contributed by atoms with van der Waals surface area (Å²) in [4.78, 5) is 34.1. The van der Waals surface area contributed by atoms with Gasteiger partial charge in [-0.2, -0.15) is 0 Å². The zero-order valence-corrected chi connectivity index (χ0v) is 17.2. The number of fused-ring (bicyclic) bond motifs is 1. The molecule has 0 aliphatic rings. The summed E-state index contributed by atoms with van der Waals surface area (Å²) in [6.45, 7) is 3.29. The summed E-state index contributed by atoms with van der Waals surface area (Å²) in [6.07, 6.45) is 0.713. The van der Waals surface area contributed by atoms with E-state index >= 15 is 0 Å². The second-order valence-corrected chi connectivity index (χ2v) is 7.11. The van der Waals surface area contributed by atoms with Crippen molar-refractivity contribution in [3.05, 3.63) is 90.3 Å². The van der Waals surface area contributed by atoms with Crippen LogP contribution in [0.1, 0.15) is 23.0 Å². The van der Waals surface area contributed by atoms with E-state index in [1.165, 1.54) is 6.92 Å². The highest BCUT2D eigenvalue weighted by atomic mass is 16.5. The molecule has 154 valence electrons. The summed E-state index contributed by atoms with van der Waals surface area (Å²) < 4.78 is 5.40. The Kier molecular flexibility index (Phi) is 5.71. The smallest absolute Gasteiger partial charge is 0.340 e. The number of carbonyl (C=O) groups excluding carboxylic acids is 2. The predicted octanol–water partition coefficient (Wildman–Crippen LogP) is 4.79. The minimum Gasteiger partial charge on any atom is -0.449 e. The van der Waals surface area contributed by atoms with Crippen molar-refractivity contribution in [3.63, 3.8) is 0 Å². The van der Waals surface area contributed by atoms with Gasteiger partial charge >= 0.3 is 5.97 Å². The van der Waals surface area contributed by atoms with Crippen LogP contribution in [-0.2, 0) is 9.53 Å². The van der Waals surface area contributed by atoms with Crippen LogP contribution in [0.3, 0.4) is 0 Å². The van der Waals surface area contributed by atoms with Crippen molar-refractivity contribution in [1.82, 2.24) is 9.97 Å². The van der Waals surface area contributed by atoms with Crippen LogP contribution in [0.25, 0.3) is 22.2 Å². The maximum atomic E-state index is 12.6. The standard InChI is InChI=1S/C25H21N3O3/c1-16-19(13-14-21(27-16)18-8-4-3-5-9-18)25(30)31-17(2)24(29)28-23-12-6-11-22-20(23)10-7-15-26-22/h3-15,17H,1-2H3,(H,28,29)/t17-/m1/s1. The molecule has 6 heteroatoms. The summed E-state index contributed by atoms with van der Waals surface area (Å²) in [6, 6.07) is 22.3. The molecule has 31 heavy (non-hydrogen) atoms. The molecule has 4 rings (SSSR count). The number of nitrogens with one attached hydrogen (secondary N) is 1. The average Bonchev–Trinajstić information content (AvgIpc) is 2.79. The molecule has 0 fully saturated rings. The number of nitrogens with zero attached hydrogens (tertiary/aromatic N) is 2. The SMILES string of the molecule is Cc1nc(-c2ccccc2)ccc1C(=O)O[C@H](C)C(=O)Nc1cccc2ncccc12. The van der Waals surface area contributed by atoms with E-state index in [2.05, 4.69) is 15.3 Å². The van der Waals surface area contributed by atoms with Gasteiger partial charge in [-0.1, -0.05) is 36.4 Å². The lowest BCUT2D eigenvalue weighted by Gasteiger charge is -2.15. The van der Waals surface area contributed by atoms with Gasteiger partial charge in [0.25, 0.3) is 5.91 Å². The highest BCUT2D eigenvalue weighted by Crippen LogP contribution is 2.22. The van der Waals surface area contributed by atoms with E-state index in [1.807, 2.05) is 48.5 Å². The van der Waals surface area contributed by atoms with Crippen molar-refractivity contribution in [3.8, 4) is 11.3 Å². The number of ether oxygens (including phenoxy) is 1. The minimum absolute atomic E-state index is 0.327. The third-order valence-corrected chi connectivity index (χ3v) is 4.93. The Morgan fingerprint density at radius 3 is 2.52 bits per heavy atom. The first-order valence-electron chi connectivity index (χ1n) is 9.91. The van der Waals surface area contributed by atoms with E-state index < -0.39 is 18.0 Å². The molecule has 2 aromatic heterocycles. The van der Waals surface area contributed by atoms with Gasteiger partial charge < -0.3 is 10.1 Å². The lowest BCUT2D eigenvalue weighted by Crippen LogP contribution is -2.30. The van der Waals surface area contributed by atoms with E-state index in [1.54, 1.807) is 37.4 Å². The number of hydrogen-bond donors (Lipinski definition) is 1. The predicted molar refractivity (Wildman–Crippen MR) is 120 cm³/mol. The molecule has 0 saturated heterocycles. The van der Waals surface area contributed by atoms with Crippen LogP contribution in [0, 0.1) is 6.92 Å². The van der Waals surface area contributed by atoms with Crippen molar-refractivity contribution < 1.29 is 14.3 Å². The van der Waals surface area contributed by atoms with Crippen molar-refractivity contribution in [2.45, 2.75) is 20.0 Å². The van der Waals surface area contributed by atoms with Crippen LogP contribution in [0.4, 0.5) is 5.69 Å². The van der Waals surface area contributed by atoms with E-state index in [-0.39, 0.29) is 0 Å². The zero-order valence-electron chi connectivity index (χ0n) is 17.2. The van der Waals surface area contributed by atoms with Crippen molar-refractivity contribution in [1.29, 1.82) is 0 Å². The van der Waals surface area contributed by atoms with Crippen LogP contribution in [0.15, 0.2) is 79.0 Å². The number of aromatic nitrogens is 2. The Hall–Kier alpha value is -4.06. The summed E-state index contributed by atoms with van der Waals surface area (Å²) in [5.74, 6) is -1.01. The Morgan fingerprint density at radius 1 is 0.935 bits per heavy atom. The normalized spacial score (nSPS) is 11.7. The van der Waals surface area contributed by atoms with Gasteiger partial charge in [0.2, 0.25) is 0 Å². The third kappa shape index (κ3) is 4.43. The number of esters is 1. The fraction of sp³-hybridized carbons (Fsp3) is 0.120. The molecule has 1 amide bonds. The lowest BCUT2D eigenvalue weighted by molar-refractivity contribution is -0.123. The molecule has 0 spiro atoms. The fourth-order valence-electron chi connectivity index (χ4n) is 3.27. The average molecular weight is 411 g/mol. The summed E-state index contributed by atoms with van der Waals surface area (Å²) >= 11 is 0. The van der Waals surface area contributed by atoms with E-state index in [0.717, 1.165) is 22.2 Å². The number of rotatable bonds is 5. The topological polar surface area (TPSA) is 81.2 Å². The van der Waals surface area contributed by atoms with E-state index in [4.69, 9.17) is 4.74 Å². The molecule has 1 atom stereocenters. The van der Waals surface area contributed by atoms with Crippen LogP contribution in [0.5, 0.6) is 0 Å². The highest BCUT2D eigenvalue weighted by molar-refractivity contribution is 6.03. The summed E-state index contributed by atoms with van der Waals surface area (Å²) in [7, 11) is 0. The molecule has 2 heterocycles. The second-order valence-electron chi connectivity index (χ2n) is 7.11. The van der Waals surface area contributed by atoms with Gasteiger partial charge in [0.15, 0.2) is 6.10 Å². The molecule has 4 aromatic rings. The number of pyridine rings is 2. The van der Waals surface area contributed by atoms with E-state index in [0.29, 0.717) is 16.9 Å². The molecule has 6 nitrogen and oxygen atoms in total. The van der Waals surface area contributed by atoms with Gasteiger partial charge in [-0.15, -0.1) is 0 Å². The number of carbonyl (C=O) groups is 2. The molecule has 0 aliphatic carbocycles. The summed E-state index contributed by atoms with van der Waals surface area (Å²) in [5, 5.41) is 3.63. The maximum absolute atomic E-state index is 12.6. The first-order chi connectivity index (χ1) is 15.0. The zero-order chi connectivity index (χ0) is 21.8. The lowest BCUT2D eigenvalue weighted by atomic mass is 10.1. The van der Waals surface area contributed by atoms with Crippen LogP contribution >= 0.6 is 0 Å². The van der Waals surface area contributed by atoms with Crippen molar-refractivity contribution in [2.75, 3.05) is 5.32 Å². The Labute approximate surface area is 179 Å². The molecule has 2 aromatic carbocycles. The number of amides is 1. The number of benzene rings is 2. The molecule has 0 unspecified atom stereocenters. The minimum atomic E-state index is -0.979. The molecular weight excluding hydrogens is 390 g/mol. The van der Waals surface area contributed by atoms with Crippen molar-refractivity contribution in [2.24, 2.45) is 0 Å². The second kappa shape index (κ2) is 8.75. The molecular formula is C25H21N3O3. The van der Waals surface area contributed by atoms with Gasteiger partial charge in [0.1, 0.15) is 0 Å². The number of aryl methyl sites for hydroxylation is 1. The van der Waals surface area contributed by atoms with Gasteiger partial charge in [-0.05, 0) is 50.2 Å². The summed E-state index contributed by atoms with van der Waals surface area (Å²) in [5.41, 5.74) is 3.98. The Morgan fingerprint density at radius 2 is 1.74 bits per heavy atom. The first-order valence-corrected chi connectivity index (χ1v) is 9.91. The van der Waals surface area contributed by atoms with Gasteiger partial charge in [-0.25, -0.2) is 4.79 Å². The quantitative estimate of drug-likeness (QED) is 0.478. The molecule has 0 radical (unpaired) electrons. The fourth-order valence-corrected chi connectivity index (χ4v) is 3.27. The molecule has 0 bridgehead atoms. The molecule has 1 N–H and O–H groups in total. The molecule has 0 aliphatic heterocycles.